The van der Waals surface area contributed by atoms with Gasteiger partial charge < -0.3 is 14.8 Å². The third kappa shape index (κ3) is 3.73. The quantitative estimate of drug-likeness (QED) is 0.761. The van der Waals surface area contributed by atoms with Gasteiger partial charge in [-0.05, 0) is 45.6 Å². The molecule has 2 aliphatic carbocycles. The number of nitrogens with one attached hydrogen (secondary N) is 1. The highest BCUT2D eigenvalue weighted by Gasteiger charge is 2.45. The van der Waals surface area contributed by atoms with Crippen LogP contribution in [-0.2, 0) is 14.3 Å². The molecule has 0 saturated heterocycles. The van der Waals surface area contributed by atoms with Crippen LogP contribution in [0.4, 0.5) is 0 Å². The molecule has 2 atom stereocenters. The van der Waals surface area contributed by atoms with Crippen molar-refractivity contribution < 1.29 is 14.3 Å². The maximum Gasteiger partial charge on any atom is 0.326 e. The smallest absolute Gasteiger partial charge is 0.326 e. The van der Waals surface area contributed by atoms with Crippen molar-refractivity contribution in [1.29, 1.82) is 0 Å². The van der Waals surface area contributed by atoms with E-state index >= 15 is 0 Å². The van der Waals surface area contributed by atoms with Crippen molar-refractivity contribution >= 4 is 5.97 Å². The number of rotatable bonds is 6. The van der Waals surface area contributed by atoms with E-state index in [0.29, 0.717) is 6.61 Å². The minimum Gasteiger partial charge on any atom is -0.465 e. The number of likely N-dealkylation sites (N-methyl/N-ethyl adjacent to an activating group) is 1. The molecule has 0 radical (unpaired) electrons. The van der Waals surface area contributed by atoms with Crippen molar-refractivity contribution in [3.05, 3.63) is 0 Å². The van der Waals surface area contributed by atoms with Crippen LogP contribution < -0.4 is 5.32 Å². The lowest BCUT2D eigenvalue weighted by atomic mass is 9.90. The standard InChI is InChI=1S/C16H29NO3/c1-3-19-15(18)16(17-2)10-9-14(11-16)20-12-13-7-5-4-6-8-13/h13-14,17H,3-12H2,1-2H3. The average molecular weight is 283 g/mol. The molecule has 0 bridgehead atoms. The van der Waals surface area contributed by atoms with E-state index in [9.17, 15) is 4.79 Å². The second-order valence-corrected chi connectivity index (χ2v) is 6.25. The summed E-state index contributed by atoms with van der Waals surface area (Å²) < 4.78 is 11.3. The van der Waals surface area contributed by atoms with Gasteiger partial charge in [0.05, 0.1) is 12.7 Å². The fraction of sp³-hybridized carbons (Fsp3) is 0.938. The van der Waals surface area contributed by atoms with E-state index in [0.717, 1.165) is 31.8 Å². The number of carbonyl (C=O) groups excluding carboxylic acids is 1. The first-order chi connectivity index (χ1) is 9.70. The van der Waals surface area contributed by atoms with E-state index in [1.54, 1.807) is 0 Å². The Morgan fingerprint density at radius 2 is 2.00 bits per heavy atom. The molecule has 0 amide bonds. The third-order valence-corrected chi connectivity index (χ3v) is 4.91. The van der Waals surface area contributed by atoms with Crippen LogP contribution >= 0.6 is 0 Å². The maximum atomic E-state index is 12.1. The first kappa shape index (κ1) is 15.8. The molecule has 0 aromatic heterocycles. The Morgan fingerprint density at radius 3 is 2.65 bits per heavy atom. The van der Waals surface area contributed by atoms with E-state index in [-0.39, 0.29) is 12.1 Å². The number of esters is 1. The van der Waals surface area contributed by atoms with Crippen LogP contribution in [0.5, 0.6) is 0 Å². The number of carbonyl (C=O) groups is 1. The number of hydrogen-bond donors (Lipinski definition) is 1. The van der Waals surface area contributed by atoms with Gasteiger partial charge in [-0.3, -0.25) is 4.79 Å². The van der Waals surface area contributed by atoms with Gasteiger partial charge >= 0.3 is 5.97 Å². The predicted octanol–water partition coefficient (Wildman–Crippen LogP) is 2.66. The fourth-order valence-corrected chi connectivity index (χ4v) is 3.55. The van der Waals surface area contributed by atoms with Gasteiger partial charge in [-0.1, -0.05) is 19.3 Å². The van der Waals surface area contributed by atoms with Gasteiger partial charge in [-0.25, -0.2) is 0 Å². The van der Waals surface area contributed by atoms with Gasteiger partial charge in [-0.2, -0.15) is 0 Å². The molecule has 2 aliphatic rings. The molecule has 0 spiro atoms. The molecular weight excluding hydrogens is 254 g/mol. The average Bonchev–Trinajstić information content (AvgIpc) is 2.91. The van der Waals surface area contributed by atoms with Crippen molar-refractivity contribution in [2.24, 2.45) is 5.92 Å². The normalized spacial score (nSPS) is 31.4. The molecule has 2 rings (SSSR count). The molecule has 116 valence electrons. The summed E-state index contributed by atoms with van der Waals surface area (Å²) >= 11 is 0. The highest BCUT2D eigenvalue weighted by Crippen LogP contribution is 2.34. The minimum atomic E-state index is -0.521. The van der Waals surface area contributed by atoms with Gasteiger partial charge in [0, 0.05) is 13.0 Å². The van der Waals surface area contributed by atoms with Crippen LogP contribution in [0.25, 0.3) is 0 Å². The zero-order valence-electron chi connectivity index (χ0n) is 13.0. The van der Waals surface area contributed by atoms with Gasteiger partial charge in [0.25, 0.3) is 0 Å². The Bertz CT molecular complexity index is 315. The van der Waals surface area contributed by atoms with Crippen molar-refractivity contribution in [1.82, 2.24) is 5.32 Å². The van der Waals surface area contributed by atoms with Crippen molar-refractivity contribution in [2.45, 2.75) is 69.9 Å². The van der Waals surface area contributed by atoms with Crippen molar-refractivity contribution in [3.8, 4) is 0 Å². The summed E-state index contributed by atoms with van der Waals surface area (Å²) in [5.41, 5.74) is -0.521. The lowest BCUT2D eigenvalue weighted by Crippen LogP contribution is -2.49. The van der Waals surface area contributed by atoms with Gasteiger partial charge in [0.1, 0.15) is 5.54 Å². The Hall–Kier alpha value is -0.610. The van der Waals surface area contributed by atoms with Gasteiger partial charge in [0.15, 0.2) is 0 Å². The molecule has 20 heavy (non-hydrogen) atoms. The van der Waals surface area contributed by atoms with E-state index in [2.05, 4.69) is 5.32 Å². The summed E-state index contributed by atoms with van der Waals surface area (Å²) in [5, 5.41) is 3.18. The van der Waals surface area contributed by atoms with Crippen LogP contribution in [0.3, 0.4) is 0 Å². The summed E-state index contributed by atoms with van der Waals surface area (Å²) in [6, 6.07) is 0. The monoisotopic (exact) mass is 283 g/mol. The molecule has 4 nitrogen and oxygen atoms in total. The van der Waals surface area contributed by atoms with Gasteiger partial charge in [-0.15, -0.1) is 0 Å². The summed E-state index contributed by atoms with van der Waals surface area (Å²) in [4.78, 5) is 12.1. The Labute approximate surface area is 122 Å². The van der Waals surface area contributed by atoms with Gasteiger partial charge in [0.2, 0.25) is 0 Å². The molecule has 1 N–H and O–H groups in total. The summed E-state index contributed by atoms with van der Waals surface area (Å²) in [7, 11) is 1.85. The second-order valence-electron chi connectivity index (χ2n) is 6.25. The second kappa shape index (κ2) is 7.41. The summed E-state index contributed by atoms with van der Waals surface area (Å²) in [5.74, 6) is 0.613. The van der Waals surface area contributed by atoms with E-state index in [4.69, 9.17) is 9.47 Å². The summed E-state index contributed by atoms with van der Waals surface area (Å²) in [6.07, 6.45) is 9.41. The SMILES string of the molecule is CCOC(=O)C1(NC)CCC(OCC2CCCCC2)C1. The van der Waals surface area contributed by atoms with Crippen molar-refractivity contribution in [2.75, 3.05) is 20.3 Å². The first-order valence-corrected chi connectivity index (χ1v) is 8.18. The first-order valence-electron chi connectivity index (χ1n) is 8.18. The number of ether oxygens (including phenoxy) is 2. The largest absolute Gasteiger partial charge is 0.465 e. The molecule has 2 saturated carbocycles. The summed E-state index contributed by atoms with van der Waals surface area (Å²) in [6.45, 7) is 3.16. The van der Waals surface area contributed by atoms with Crippen LogP contribution in [0.2, 0.25) is 0 Å². The maximum absolute atomic E-state index is 12.1. The van der Waals surface area contributed by atoms with Crippen LogP contribution in [-0.4, -0.2) is 37.9 Å². The number of hydrogen-bond acceptors (Lipinski definition) is 4. The highest BCUT2D eigenvalue weighted by atomic mass is 16.5. The topological polar surface area (TPSA) is 47.6 Å². The molecule has 2 unspecified atom stereocenters. The molecule has 2 fully saturated rings. The van der Waals surface area contributed by atoms with E-state index in [1.807, 2.05) is 14.0 Å². The third-order valence-electron chi connectivity index (χ3n) is 4.91. The molecular formula is C16H29NO3. The minimum absolute atomic E-state index is 0.119. The highest BCUT2D eigenvalue weighted by molar-refractivity contribution is 5.81. The fourth-order valence-electron chi connectivity index (χ4n) is 3.55. The predicted molar refractivity (Wildman–Crippen MR) is 78.6 cm³/mol. The van der Waals surface area contributed by atoms with Crippen molar-refractivity contribution in [3.63, 3.8) is 0 Å². The van der Waals surface area contributed by atoms with Crippen LogP contribution in [0.15, 0.2) is 0 Å². The molecule has 0 aromatic rings. The zero-order valence-corrected chi connectivity index (χ0v) is 13.0. The Balaban J connectivity index is 1.79. The Kier molecular flexibility index (Phi) is 5.85. The molecule has 4 heteroatoms. The van der Waals surface area contributed by atoms with E-state index in [1.165, 1.54) is 32.1 Å². The lowest BCUT2D eigenvalue weighted by molar-refractivity contribution is -0.151. The molecule has 0 aliphatic heterocycles. The van der Waals surface area contributed by atoms with E-state index < -0.39 is 5.54 Å². The lowest BCUT2D eigenvalue weighted by Gasteiger charge is -2.27. The zero-order chi connectivity index (χ0) is 14.4. The van der Waals surface area contributed by atoms with Crippen LogP contribution in [0.1, 0.15) is 58.3 Å². The van der Waals surface area contributed by atoms with Crippen LogP contribution in [0, 0.1) is 5.92 Å². The molecule has 0 heterocycles. The Morgan fingerprint density at radius 1 is 1.25 bits per heavy atom. The molecule has 0 aromatic carbocycles.